The summed E-state index contributed by atoms with van der Waals surface area (Å²) in [5.41, 5.74) is 3.98. The van der Waals surface area contributed by atoms with E-state index in [9.17, 15) is 17.6 Å². The molecule has 0 aliphatic carbocycles. The van der Waals surface area contributed by atoms with Gasteiger partial charge in [0.15, 0.2) is 0 Å². The zero-order valence-corrected chi connectivity index (χ0v) is 8.48. The van der Waals surface area contributed by atoms with E-state index in [-0.39, 0.29) is 5.56 Å². The fraction of sp³-hybridized carbons (Fsp3) is 0. The number of hydrogen-bond acceptors (Lipinski definition) is 1. The van der Waals surface area contributed by atoms with Crippen LogP contribution in [0.25, 0.3) is 11.1 Å². The molecule has 0 radical (unpaired) electrons. The van der Waals surface area contributed by atoms with Gasteiger partial charge >= 0.3 is 0 Å². The van der Waals surface area contributed by atoms with Gasteiger partial charge in [0.05, 0.1) is 11.3 Å². The topological polar surface area (TPSA) is 26.0 Å². The summed E-state index contributed by atoms with van der Waals surface area (Å²) in [6.45, 7) is 0. The number of anilines is 1. The summed E-state index contributed by atoms with van der Waals surface area (Å²) < 4.78 is 53.1. The molecule has 0 spiro atoms. The summed E-state index contributed by atoms with van der Waals surface area (Å²) in [7, 11) is 0. The maximum atomic E-state index is 13.4. The van der Waals surface area contributed by atoms with E-state index in [0.717, 1.165) is 24.3 Å². The van der Waals surface area contributed by atoms with Crippen molar-refractivity contribution in [3.8, 4) is 11.1 Å². The van der Waals surface area contributed by atoms with Crippen LogP contribution in [-0.4, -0.2) is 0 Å². The first-order valence-electron chi connectivity index (χ1n) is 4.69. The first-order chi connectivity index (χ1) is 8.00. The van der Waals surface area contributed by atoms with E-state index in [1.54, 1.807) is 0 Å². The van der Waals surface area contributed by atoms with Crippen molar-refractivity contribution >= 4 is 5.69 Å². The number of rotatable bonds is 1. The minimum Gasteiger partial charge on any atom is -0.396 e. The van der Waals surface area contributed by atoms with Crippen molar-refractivity contribution in [1.29, 1.82) is 0 Å². The fourth-order valence-electron chi connectivity index (χ4n) is 1.55. The Morgan fingerprint density at radius 3 is 2.00 bits per heavy atom. The molecule has 2 N–H and O–H groups in total. The summed E-state index contributed by atoms with van der Waals surface area (Å²) in [4.78, 5) is 0. The Bertz CT molecular complexity index is 561. The quantitative estimate of drug-likeness (QED) is 0.600. The Hall–Kier alpha value is -2.04. The highest BCUT2D eigenvalue weighted by Crippen LogP contribution is 2.32. The van der Waals surface area contributed by atoms with Crippen molar-refractivity contribution in [1.82, 2.24) is 0 Å². The lowest BCUT2D eigenvalue weighted by Crippen LogP contribution is -1.99. The van der Waals surface area contributed by atoms with Gasteiger partial charge in [-0.3, -0.25) is 0 Å². The molecule has 0 saturated heterocycles. The molecule has 0 aliphatic heterocycles. The first kappa shape index (κ1) is 11.4. The molecular weight excluding hydrogens is 234 g/mol. The molecule has 2 aromatic carbocycles. The molecule has 0 heterocycles. The molecule has 2 rings (SSSR count). The second kappa shape index (κ2) is 4.08. The molecule has 0 aliphatic rings. The smallest absolute Gasteiger partial charge is 0.149 e. The largest absolute Gasteiger partial charge is 0.396 e. The van der Waals surface area contributed by atoms with Crippen molar-refractivity contribution in [2.24, 2.45) is 0 Å². The third-order valence-electron chi connectivity index (χ3n) is 2.33. The average Bonchev–Trinajstić information content (AvgIpc) is 2.24. The maximum absolute atomic E-state index is 13.4. The standard InChI is InChI=1S/C12H7F4N/c13-6-4-7(12(17)10(16)5-6)11-8(14)2-1-3-9(11)15/h1-5H,17H2. The van der Waals surface area contributed by atoms with Crippen molar-refractivity contribution in [3.05, 3.63) is 53.6 Å². The van der Waals surface area contributed by atoms with E-state index in [1.165, 1.54) is 0 Å². The molecule has 0 saturated carbocycles. The van der Waals surface area contributed by atoms with E-state index < -0.39 is 34.5 Å². The zero-order chi connectivity index (χ0) is 12.6. The van der Waals surface area contributed by atoms with Crippen LogP contribution < -0.4 is 5.73 Å². The van der Waals surface area contributed by atoms with Crippen molar-refractivity contribution in [2.45, 2.75) is 0 Å². The monoisotopic (exact) mass is 241 g/mol. The third-order valence-corrected chi connectivity index (χ3v) is 2.33. The Labute approximate surface area is 94.5 Å². The summed E-state index contributed by atoms with van der Waals surface area (Å²) in [6.07, 6.45) is 0. The predicted octanol–water partition coefficient (Wildman–Crippen LogP) is 3.49. The van der Waals surface area contributed by atoms with E-state index >= 15 is 0 Å². The van der Waals surface area contributed by atoms with E-state index in [1.807, 2.05) is 0 Å². The lowest BCUT2D eigenvalue weighted by Gasteiger charge is -2.09. The molecule has 2 aromatic rings. The van der Waals surface area contributed by atoms with Crippen LogP contribution in [0.4, 0.5) is 23.2 Å². The molecule has 88 valence electrons. The number of hydrogen-bond donors (Lipinski definition) is 1. The summed E-state index contributed by atoms with van der Waals surface area (Å²) in [5, 5.41) is 0. The van der Waals surface area contributed by atoms with Crippen LogP contribution in [-0.2, 0) is 0 Å². The molecule has 0 amide bonds. The summed E-state index contributed by atoms with van der Waals surface area (Å²) >= 11 is 0. The van der Waals surface area contributed by atoms with Gasteiger partial charge in [0.1, 0.15) is 23.3 Å². The van der Waals surface area contributed by atoms with Crippen LogP contribution >= 0.6 is 0 Å². The van der Waals surface area contributed by atoms with E-state index in [4.69, 9.17) is 5.73 Å². The average molecular weight is 241 g/mol. The van der Waals surface area contributed by atoms with Gasteiger partial charge in [-0.2, -0.15) is 0 Å². The van der Waals surface area contributed by atoms with Crippen LogP contribution in [0.2, 0.25) is 0 Å². The molecule has 0 unspecified atom stereocenters. The molecule has 0 atom stereocenters. The minimum absolute atomic E-state index is 0.335. The lowest BCUT2D eigenvalue weighted by molar-refractivity contribution is 0.580. The minimum atomic E-state index is -1.05. The van der Waals surface area contributed by atoms with Gasteiger partial charge < -0.3 is 5.73 Å². The van der Waals surface area contributed by atoms with Gasteiger partial charge in [-0.25, -0.2) is 17.6 Å². The Morgan fingerprint density at radius 2 is 1.41 bits per heavy atom. The van der Waals surface area contributed by atoms with Gasteiger partial charge in [0.25, 0.3) is 0 Å². The zero-order valence-electron chi connectivity index (χ0n) is 8.48. The van der Waals surface area contributed by atoms with Crippen molar-refractivity contribution in [3.63, 3.8) is 0 Å². The van der Waals surface area contributed by atoms with E-state index in [0.29, 0.717) is 6.07 Å². The van der Waals surface area contributed by atoms with Gasteiger partial charge in [0.2, 0.25) is 0 Å². The number of benzene rings is 2. The molecule has 5 heteroatoms. The van der Waals surface area contributed by atoms with Gasteiger partial charge in [-0.15, -0.1) is 0 Å². The van der Waals surface area contributed by atoms with Crippen LogP contribution in [0.5, 0.6) is 0 Å². The van der Waals surface area contributed by atoms with Gasteiger partial charge in [0, 0.05) is 11.6 Å². The molecule has 0 bridgehead atoms. The van der Waals surface area contributed by atoms with Gasteiger partial charge in [-0.1, -0.05) is 6.07 Å². The molecular formula is C12H7F4N. The second-order valence-corrected chi connectivity index (χ2v) is 3.45. The Balaban J connectivity index is 2.77. The Kier molecular flexibility index (Phi) is 2.75. The van der Waals surface area contributed by atoms with Crippen LogP contribution in [0.3, 0.4) is 0 Å². The maximum Gasteiger partial charge on any atom is 0.149 e. The second-order valence-electron chi connectivity index (χ2n) is 3.45. The first-order valence-corrected chi connectivity index (χ1v) is 4.69. The summed E-state index contributed by atoms with van der Waals surface area (Å²) in [5.74, 6) is -3.86. The van der Waals surface area contributed by atoms with Crippen LogP contribution in [0.1, 0.15) is 0 Å². The highest BCUT2D eigenvalue weighted by atomic mass is 19.1. The van der Waals surface area contributed by atoms with E-state index in [2.05, 4.69) is 0 Å². The Morgan fingerprint density at radius 1 is 0.824 bits per heavy atom. The number of nitrogen functional groups attached to an aromatic ring is 1. The number of nitrogens with two attached hydrogens (primary N) is 1. The highest BCUT2D eigenvalue weighted by molar-refractivity contribution is 5.77. The van der Waals surface area contributed by atoms with Crippen LogP contribution in [0, 0.1) is 23.3 Å². The fourth-order valence-corrected chi connectivity index (χ4v) is 1.55. The predicted molar refractivity (Wildman–Crippen MR) is 56.1 cm³/mol. The lowest BCUT2D eigenvalue weighted by atomic mass is 10.0. The van der Waals surface area contributed by atoms with Crippen molar-refractivity contribution in [2.75, 3.05) is 5.73 Å². The summed E-state index contributed by atoms with van der Waals surface area (Å²) in [6, 6.07) is 4.47. The molecule has 17 heavy (non-hydrogen) atoms. The SMILES string of the molecule is Nc1c(F)cc(F)cc1-c1c(F)cccc1F. The van der Waals surface area contributed by atoms with Crippen LogP contribution in [0.15, 0.2) is 30.3 Å². The van der Waals surface area contributed by atoms with Crippen molar-refractivity contribution < 1.29 is 17.6 Å². The molecule has 0 fully saturated rings. The normalized spacial score (nSPS) is 10.6. The molecule has 1 nitrogen and oxygen atoms in total. The highest BCUT2D eigenvalue weighted by Gasteiger charge is 2.17. The third kappa shape index (κ3) is 1.95. The molecule has 0 aromatic heterocycles. The number of halogens is 4. The van der Waals surface area contributed by atoms with Gasteiger partial charge in [-0.05, 0) is 18.2 Å².